The Labute approximate surface area is 132 Å². The van der Waals surface area contributed by atoms with Gasteiger partial charge in [0.2, 0.25) is 5.92 Å². The normalized spacial score (nSPS) is 20.4. The largest absolute Gasteiger partial charge is 0.314 e. The fourth-order valence-electron chi connectivity index (χ4n) is 3.12. The molecule has 0 spiro atoms. The van der Waals surface area contributed by atoms with Gasteiger partial charge >= 0.3 is 0 Å². The Morgan fingerprint density at radius 2 is 1.95 bits per heavy atom. The van der Waals surface area contributed by atoms with E-state index >= 15 is 0 Å². The minimum Gasteiger partial charge on any atom is -0.314 e. The molecule has 1 atom stereocenters. The summed E-state index contributed by atoms with van der Waals surface area (Å²) in [5.74, 6) is -2.55. The third-order valence-corrected chi connectivity index (χ3v) is 4.63. The SMILES string of the molecule is CCNC(Cc1cc(F)cc(Br)c1)C1CCC(F)(F)CC1. The number of hydrogen-bond acceptors (Lipinski definition) is 1. The van der Waals surface area contributed by atoms with E-state index < -0.39 is 5.92 Å². The molecule has 1 saturated carbocycles. The molecule has 1 aliphatic rings. The van der Waals surface area contributed by atoms with Gasteiger partial charge in [-0.3, -0.25) is 0 Å². The number of nitrogens with one attached hydrogen (secondary N) is 1. The number of hydrogen-bond donors (Lipinski definition) is 1. The van der Waals surface area contributed by atoms with Crippen LogP contribution in [0.15, 0.2) is 22.7 Å². The number of alkyl halides is 2. The van der Waals surface area contributed by atoms with Crippen LogP contribution in [-0.4, -0.2) is 18.5 Å². The van der Waals surface area contributed by atoms with Gasteiger partial charge in [0.05, 0.1) is 0 Å². The van der Waals surface area contributed by atoms with Crippen molar-refractivity contribution in [2.45, 2.75) is 51.0 Å². The molecule has 0 bridgehead atoms. The van der Waals surface area contributed by atoms with E-state index in [1.165, 1.54) is 12.1 Å². The number of rotatable bonds is 5. The first-order valence-corrected chi connectivity index (χ1v) is 8.25. The van der Waals surface area contributed by atoms with Crippen LogP contribution >= 0.6 is 15.9 Å². The third-order valence-electron chi connectivity index (χ3n) is 4.18. The van der Waals surface area contributed by atoms with Gasteiger partial charge in [-0.05, 0) is 55.5 Å². The smallest absolute Gasteiger partial charge is 0.248 e. The molecule has 1 unspecified atom stereocenters. The van der Waals surface area contributed by atoms with Gasteiger partial charge in [-0.15, -0.1) is 0 Å². The highest BCUT2D eigenvalue weighted by Gasteiger charge is 2.37. The Bertz CT molecular complexity index is 448. The zero-order valence-electron chi connectivity index (χ0n) is 12.1. The highest BCUT2D eigenvalue weighted by atomic mass is 79.9. The van der Waals surface area contributed by atoms with Crippen LogP contribution in [0.5, 0.6) is 0 Å². The van der Waals surface area contributed by atoms with Gasteiger partial charge in [-0.1, -0.05) is 22.9 Å². The summed E-state index contributed by atoms with van der Waals surface area (Å²) in [6.45, 7) is 2.79. The molecule has 2 rings (SSSR count). The van der Waals surface area contributed by atoms with Gasteiger partial charge in [-0.2, -0.15) is 0 Å². The van der Waals surface area contributed by atoms with Crippen molar-refractivity contribution in [1.82, 2.24) is 5.32 Å². The topological polar surface area (TPSA) is 12.0 Å². The maximum atomic E-state index is 13.5. The molecule has 0 radical (unpaired) electrons. The van der Waals surface area contributed by atoms with E-state index in [0.717, 1.165) is 12.1 Å². The van der Waals surface area contributed by atoms with Gasteiger partial charge in [0.15, 0.2) is 0 Å². The second kappa shape index (κ2) is 7.14. The summed E-state index contributed by atoms with van der Waals surface area (Å²) in [4.78, 5) is 0. The molecule has 0 amide bonds. The van der Waals surface area contributed by atoms with E-state index in [4.69, 9.17) is 0 Å². The molecule has 1 N–H and O–H groups in total. The Balaban J connectivity index is 2.05. The molecule has 0 aromatic heterocycles. The van der Waals surface area contributed by atoms with Crippen LogP contribution in [0, 0.1) is 11.7 Å². The standard InChI is InChI=1S/C16H21BrF3N/c1-2-21-15(12-3-5-16(19,20)6-4-12)9-11-7-13(17)10-14(18)8-11/h7-8,10,12,15,21H,2-6,9H2,1H3. The van der Waals surface area contributed by atoms with E-state index in [-0.39, 0.29) is 30.6 Å². The number of likely N-dealkylation sites (N-methyl/N-ethyl adjacent to an activating group) is 1. The Morgan fingerprint density at radius 3 is 2.52 bits per heavy atom. The van der Waals surface area contributed by atoms with Crippen molar-refractivity contribution in [3.8, 4) is 0 Å². The highest BCUT2D eigenvalue weighted by molar-refractivity contribution is 9.10. The van der Waals surface area contributed by atoms with Crippen LogP contribution in [0.1, 0.15) is 38.2 Å². The maximum absolute atomic E-state index is 13.5. The first kappa shape index (κ1) is 16.8. The van der Waals surface area contributed by atoms with Gasteiger partial charge in [0, 0.05) is 23.4 Å². The van der Waals surface area contributed by atoms with Gasteiger partial charge < -0.3 is 5.32 Å². The third kappa shape index (κ3) is 4.99. The minimum atomic E-state index is -2.50. The summed E-state index contributed by atoms with van der Waals surface area (Å²) >= 11 is 3.29. The molecule has 5 heteroatoms. The second-order valence-corrected chi connectivity index (χ2v) is 6.76. The van der Waals surface area contributed by atoms with Gasteiger partial charge in [-0.25, -0.2) is 13.2 Å². The van der Waals surface area contributed by atoms with Crippen LogP contribution in [0.25, 0.3) is 0 Å². The van der Waals surface area contributed by atoms with Crippen molar-refractivity contribution < 1.29 is 13.2 Å². The van der Waals surface area contributed by atoms with Crippen molar-refractivity contribution in [3.05, 3.63) is 34.1 Å². The predicted octanol–water partition coefficient (Wildman–Crippen LogP) is 4.93. The van der Waals surface area contributed by atoms with E-state index in [0.29, 0.717) is 23.7 Å². The molecule has 118 valence electrons. The van der Waals surface area contributed by atoms with Crippen molar-refractivity contribution in [1.29, 1.82) is 0 Å². The average molecular weight is 364 g/mol. The van der Waals surface area contributed by atoms with Crippen molar-refractivity contribution in [3.63, 3.8) is 0 Å². The molecular weight excluding hydrogens is 343 g/mol. The fourth-order valence-corrected chi connectivity index (χ4v) is 3.63. The Kier molecular flexibility index (Phi) is 5.72. The Hall–Kier alpha value is -0.550. The number of halogens is 4. The molecule has 0 saturated heterocycles. The summed E-state index contributed by atoms with van der Waals surface area (Å²) in [6.07, 6.45) is 1.65. The molecule has 0 aliphatic heterocycles. The van der Waals surface area contributed by atoms with E-state index in [9.17, 15) is 13.2 Å². The molecular formula is C16H21BrF3N. The minimum absolute atomic E-state index is 0.0353. The fraction of sp³-hybridized carbons (Fsp3) is 0.625. The lowest BCUT2D eigenvalue weighted by Gasteiger charge is -2.34. The van der Waals surface area contributed by atoms with Gasteiger partial charge in [0.25, 0.3) is 0 Å². The molecule has 1 aliphatic carbocycles. The quantitative estimate of drug-likeness (QED) is 0.781. The molecule has 1 nitrogen and oxygen atoms in total. The molecule has 0 heterocycles. The predicted molar refractivity (Wildman–Crippen MR) is 82.2 cm³/mol. The maximum Gasteiger partial charge on any atom is 0.248 e. The molecule has 1 aromatic carbocycles. The molecule has 21 heavy (non-hydrogen) atoms. The van der Waals surface area contributed by atoms with E-state index in [2.05, 4.69) is 21.2 Å². The highest BCUT2D eigenvalue weighted by Crippen LogP contribution is 2.38. The van der Waals surface area contributed by atoms with Crippen LogP contribution in [0.4, 0.5) is 13.2 Å². The van der Waals surface area contributed by atoms with Crippen LogP contribution in [0.2, 0.25) is 0 Å². The van der Waals surface area contributed by atoms with E-state index in [1.807, 2.05) is 13.0 Å². The summed E-state index contributed by atoms with van der Waals surface area (Å²) in [5.41, 5.74) is 0.894. The van der Waals surface area contributed by atoms with Crippen LogP contribution in [-0.2, 0) is 6.42 Å². The summed E-state index contributed by atoms with van der Waals surface area (Å²) in [6, 6.07) is 4.96. The summed E-state index contributed by atoms with van der Waals surface area (Å²) in [5, 5.41) is 3.38. The Morgan fingerprint density at radius 1 is 1.29 bits per heavy atom. The lowest BCUT2D eigenvalue weighted by atomic mass is 9.80. The average Bonchev–Trinajstić information content (AvgIpc) is 2.37. The lowest BCUT2D eigenvalue weighted by molar-refractivity contribution is -0.0494. The van der Waals surface area contributed by atoms with Crippen LogP contribution < -0.4 is 5.32 Å². The molecule has 1 aromatic rings. The summed E-state index contributed by atoms with van der Waals surface area (Å²) < 4.78 is 40.7. The molecule has 1 fully saturated rings. The lowest BCUT2D eigenvalue weighted by Crippen LogP contribution is -2.41. The first-order chi connectivity index (χ1) is 9.89. The monoisotopic (exact) mass is 363 g/mol. The zero-order valence-corrected chi connectivity index (χ0v) is 13.7. The van der Waals surface area contributed by atoms with Crippen molar-refractivity contribution in [2.24, 2.45) is 5.92 Å². The van der Waals surface area contributed by atoms with Crippen LogP contribution in [0.3, 0.4) is 0 Å². The number of benzene rings is 1. The van der Waals surface area contributed by atoms with Gasteiger partial charge in [0.1, 0.15) is 5.82 Å². The summed E-state index contributed by atoms with van der Waals surface area (Å²) in [7, 11) is 0. The van der Waals surface area contributed by atoms with E-state index in [1.54, 1.807) is 0 Å². The first-order valence-electron chi connectivity index (χ1n) is 7.46. The van der Waals surface area contributed by atoms with Crippen molar-refractivity contribution in [2.75, 3.05) is 6.54 Å². The van der Waals surface area contributed by atoms with Crippen molar-refractivity contribution >= 4 is 15.9 Å². The second-order valence-electron chi connectivity index (χ2n) is 5.84. The zero-order chi connectivity index (χ0) is 15.5.